The molecule has 0 saturated heterocycles. The molecule has 0 saturated carbocycles. The summed E-state index contributed by atoms with van der Waals surface area (Å²) in [5.74, 6) is -0.738. The molecule has 0 fully saturated rings. The van der Waals surface area contributed by atoms with Gasteiger partial charge in [0.1, 0.15) is 0 Å². The number of nitrogens with zero attached hydrogens (tertiary/aromatic N) is 2. The molecular weight excluding hydrogens is 376 g/mol. The fourth-order valence-electron chi connectivity index (χ4n) is 3.88. The average molecular weight is 400 g/mol. The van der Waals surface area contributed by atoms with Crippen molar-refractivity contribution >= 4 is 23.1 Å². The summed E-state index contributed by atoms with van der Waals surface area (Å²) in [6.45, 7) is 0.338. The van der Waals surface area contributed by atoms with Gasteiger partial charge in [-0.2, -0.15) is 0 Å². The summed E-state index contributed by atoms with van der Waals surface area (Å²) in [4.78, 5) is 29.8. The van der Waals surface area contributed by atoms with Crippen LogP contribution in [0.15, 0.2) is 78.9 Å². The lowest BCUT2D eigenvalue weighted by Crippen LogP contribution is -2.41. The topological polar surface area (TPSA) is 60.9 Å². The van der Waals surface area contributed by atoms with Crippen LogP contribution in [0.3, 0.4) is 0 Å². The maximum Gasteiger partial charge on any atom is 0.264 e. The van der Waals surface area contributed by atoms with E-state index in [0.29, 0.717) is 23.4 Å². The Kier molecular flexibility index (Phi) is 5.14. The van der Waals surface area contributed by atoms with Gasteiger partial charge in [-0.15, -0.1) is 0 Å². The lowest BCUT2D eigenvalue weighted by atomic mass is 9.88. The quantitative estimate of drug-likeness (QED) is 0.640. The minimum absolute atomic E-state index is 0.271. The van der Waals surface area contributed by atoms with Gasteiger partial charge in [-0.3, -0.25) is 9.59 Å². The van der Waals surface area contributed by atoms with E-state index in [1.54, 1.807) is 29.2 Å². The predicted octanol–water partition coefficient (Wildman–Crippen LogP) is 3.76. The summed E-state index contributed by atoms with van der Waals surface area (Å²) >= 11 is 0. The first-order chi connectivity index (χ1) is 14.4. The molecule has 1 unspecified atom stereocenters. The maximum atomic E-state index is 13.3. The van der Waals surface area contributed by atoms with Crippen LogP contribution in [-0.2, 0) is 16.9 Å². The van der Waals surface area contributed by atoms with Crippen LogP contribution >= 0.6 is 0 Å². The van der Waals surface area contributed by atoms with E-state index in [4.69, 9.17) is 0 Å². The van der Waals surface area contributed by atoms with E-state index in [0.717, 1.165) is 11.3 Å². The van der Waals surface area contributed by atoms with Crippen molar-refractivity contribution < 1.29 is 14.7 Å². The molecule has 152 valence electrons. The Labute approximate surface area is 176 Å². The number of hydrogen-bond acceptors (Lipinski definition) is 4. The minimum atomic E-state index is -1.87. The Morgan fingerprint density at radius 3 is 2.23 bits per heavy atom. The number of carbonyl (C=O) groups excluding carboxylic acids is 2. The number of para-hydroxylation sites is 1. The summed E-state index contributed by atoms with van der Waals surface area (Å²) in [5, 5.41) is 11.4. The van der Waals surface area contributed by atoms with Crippen LogP contribution in [0.25, 0.3) is 0 Å². The smallest absolute Gasteiger partial charge is 0.264 e. The molecule has 1 atom stereocenters. The maximum absolute atomic E-state index is 13.3. The highest BCUT2D eigenvalue weighted by molar-refractivity contribution is 6.10. The number of Topliss-reactive ketones (excluding diaryl/α,β-unsaturated/α-hetero) is 1. The third-order valence-electron chi connectivity index (χ3n) is 5.54. The Hall–Kier alpha value is -3.44. The summed E-state index contributed by atoms with van der Waals surface area (Å²) in [7, 11) is 3.85. The van der Waals surface area contributed by atoms with Gasteiger partial charge in [-0.1, -0.05) is 48.5 Å². The highest BCUT2D eigenvalue weighted by Crippen LogP contribution is 2.43. The van der Waals surface area contributed by atoms with Crippen LogP contribution in [0.4, 0.5) is 11.4 Å². The first kappa shape index (κ1) is 19.9. The van der Waals surface area contributed by atoms with Crippen LogP contribution in [0.2, 0.25) is 0 Å². The number of anilines is 2. The molecule has 1 amide bonds. The average Bonchev–Trinajstić information content (AvgIpc) is 2.96. The Morgan fingerprint density at radius 2 is 1.57 bits per heavy atom. The summed E-state index contributed by atoms with van der Waals surface area (Å²) in [6, 6.07) is 23.9. The van der Waals surface area contributed by atoms with Crippen molar-refractivity contribution in [2.75, 3.05) is 23.9 Å². The molecule has 5 heteroatoms. The fourth-order valence-corrected chi connectivity index (χ4v) is 3.88. The van der Waals surface area contributed by atoms with Gasteiger partial charge in [0, 0.05) is 30.9 Å². The number of hydrogen-bond donors (Lipinski definition) is 1. The summed E-state index contributed by atoms with van der Waals surface area (Å²) in [5.41, 5.74) is 1.65. The van der Waals surface area contributed by atoms with E-state index in [-0.39, 0.29) is 12.2 Å². The van der Waals surface area contributed by atoms with Crippen LogP contribution < -0.4 is 9.80 Å². The normalized spacial score (nSPS) is 17.7. The molecule has 0 bridgehead atoms. The van der Waals surface area contributed by atoms with E-state index in [2.05, 4.69) is 0 Å². The van der Waals surface area contributed by atoms with Crippen LogP contribution in [0.1, 0.15) is 27.9 Å². The molecular formula is C25H24N2O3. The number of rotatable bonds is 6. The molecule has 30 heavy (non-hydrogen) atoms. The molecule has 5 nitrogen and oxygen atoms in total. The van der Waals surface area contributed by atoms with E-state index in [1.165, 1.54) is 0 Å². The second-order valence-electron chi connectivity index (χ2n) is 7.80. The van der Waals surface area contributed by atoms with Crippen molar-refractivity contribution in [3.8, 4) is 0 Å². The molecule has 0 radical (unpaired) electrons. The van der Waals surface area contributed by atoms with E-state index < -0.39 is 11.5 Å². The SMILES string of the molecule is CN(C)c1ccc(C(=O)CC2(O)C(=O)N(Cc3ccccc3)c3ccccc32)cc1. The van der Waals surface area contributed by atoms with Crippen LogP contribution in [-0.4, -0.2) is 30.9 Å². The van der Waals surface area contributed by atoms with Gasteiger partial charge < -0.3 is 14.9 Å². The molecule has 1 aliphatic rings. The first-order valence-electron chi connectivity index (χ1n) is 9.88. The molecule has 0 aromatic heterocycles. The van der Waals surface area contributed by atoms with Gasteiger partial charge in [-0.05, 0) is 35.9 Å². The van der Waals surface area contributed by atoms with Gasteiger partial charge >= 0.3 is 0 Å². The van der Waals surface area contributed by atoms with Crippen molar-refractivity contribution in [3.63, 3.8) is 0 Å². The zero-order valence-electron chi connectivity index (χ0n) is 17.1. The molecule has 0 spiro atoms. The van der Waals surface area contributed by atoms with Crippen molar-refractivity contribution in [1.82, 2.24) is 0 Å². The third kappa shape index (κ3) is 3.48. The molecule has 0 aliphatic carbocycles. The van der Waals surface area contributed by atoms with Crippen molar-refractivity contribution in [2.45, 2.75) is 18.6 Å². The Morgan fingerprint density at radius 1 is 0.933 bits per heavy atom. The second kappa shape index (κ2) is 7.76. The third-order valence-corrected chi connectivity index (χ3v) is 5.54. The molecule has 1 heterocycles. The summed E-state index contributed by atoms with van der Waals surface area (Å²) < 4.78 is 0. The number of carbonyl (C=O) groups is 2. The highest BCUT2D eigenvalue weighted by atomic mass is 16.3. The Bertz CT molecular complexity index is 1080. The minimum Gasteiger partial charge on any atom is -0.378 e. The van der Waals surface area contributed by atoms with Gasteiger partial charge in [0.15, 0.2) is 11.4 Å². The summed E-state index contributed by atoms with van der Waals surface area (Å²) in [6.07, 6.45) is -0.296. The van der Waals surface area contributed by atoms with Gasteiger partial charge in [0.2, 0.25) is 0 Å². The first-order valence-corrected chi connectivity index (χ1v) is 9.88. The van der Waals surface area contributed by atoms with Crippen LogP contribution in [0, 0.1) is 0 Å². The number of amides is 1. The highest BCUT2D eigenvalue weighted by Gasteiger charge is 2.50. The lowest BCUT2D eigenvalue weighted by molar-refractivity contribution is -0.136. The van der Waals surface area contributed by atoms with Crippen molar-refractivity contribution in [2.24, 2.45) is 0 Å². The monoisotopic (exact) mass is 400 g/mol. The van der Waals surface area contributed by atoms with Gasteiger partial charge in [-0.25, -0.2) is 0 Å². The fraction of sp³-hybridized carbons (Fsp3) is 0.200. The molecule has 1 N–H and O–H groups in total. The van der Waals surface area contributed by atoms with Crippen molar-refractivity contribution in [3.05, 3.63) is 95.6 Å². The largest absolute Gasteiger partial charge is 0.378 e. The van der Waals surface area contributed by atoms with E-state index in [9.17, 15) is 14.7 Å². The molecule has 3 aromatic carbocycles. The van der Waals surface area contributed by atoms with Gasteiger partial charge in [0.05, 0.1) is 18.7 Å². The second-order valence-corrected chi connectivity index (χ2v) is 7.80. The lowest BCUT2D eigenvalue weighted by Gasteiger charge is -2.23. The number of ketones is 1. The zero-order chi connectivity index (χ0) is 21.3. The van der Waals surface area contributed by atoms with Crippen molar-refractivity contribution in [1.29, 1.82) is 0 Å². The number of fused-ring (bicyclic) bond motifs is 1. The zero-order valence-corrected chi connectivity index (χ0v) is 17.1. The number of aliphatic hydroxyl groups is 1. The van der Waals surface area contributed by atoms with Crippen LogP contribution in [0.5, 0.6) is 0 Å². The number of benzene rings is 3. The molecule has 1 aliphatic heterocycles. The molecule has 3 aromatic rings. The Balaban J connectivity index is 1.63. The van der Waals surface area contributed by atoms with Gasteiger partial charge in [0.25, 0.3) is 5.91 Å². The molecule has 4 rings (SSSR count). The standard InChI is InChI=1S/C25H24N2O3/c1-26(2)20-14-12-19(13-15-20)23(28)16-25(30)21-10-6-7-11-22(21)27(24(25)29)17-18-8-4-3-5-9-18/h3-15,30H,16-17H2,1-2H3. The van der Waals surface area contributed by atoms with E-state index in [1.807, 2.05) is 73.6 Å². The van der Waals surface area contributed by atoms with E-state index >= 15 is 0 Å². The predicted molar refractivity (Wildman–Crippen MR) is 118 cm³/mol.